The van der Waals surface area contributed by atoms with Crippen LogP contribution in [0.2, 0.25) is 10.0 Å². The summed E-state index contributed by atoms with van der Waals surface area (Å²) in [7, 11) is 3.92. The molecule has 1 N–H and O–H groups in total. The molecule has 0 aliphatic rings. The summed E-state index contributed by atoms with van der Waals surface area (Å²) in [5.41, 5.74) is 2.93. The van der Waals surface area contributed by atoms with Crippen molar-refractivity contribution in [3.05, 3.63) is 84.6 Å². The average Bonchev–Trinajstić information content (AvgIpc) is 3.02. The van der Waals surface area contributed by atoms with Gasteiger partial charge in [0.1, 0.15) is 0 Å². The highest BCUT2D eigenvalue weighted by molar-refractivity contribution is 7.09. The average molecular weight is 505 g/mol. The van der Waals surface area contributed by atoms with Crippen LogP contribution in [-0.2, 0) is 6.54 Å². The molecule has 2 amide bonds. The van der Waals surface area contributed by atoms with Gasteiger partial charge < -0.3 is 14.8 Å². The molecule has 6 nitrogen and oxygen atoms in total. The second kappa shape index (κ2) is 11.1. The number of nitrogens with zero attached hydrogens (tertiary/aromatic N) is 3. The number of aryl methyl sites for hydroxylation is 1. The summed E-state index contributed by atoms with van der Waals surface area (Å²) >= 11 is 13.5. The van der Waals surface area contributed by atoms with Crippen LogP contribution in [0.4, 0.5) is 0 Å². The fourth-order valence-electron chi connectivity index (χ4n) is 3.14. The molecule has 0 radical (unpaired) electrons. The molecule has 3 aromatic rings. The first kappa shape index (κ1) is 25.2. The Morgan fingerprint density at radius 2 is 1.82 bits per heavy atom. The number of halogens is 2. The zero-order chi connectivity index (χ0) is 24.1. The number of carbonyl (C=O) groups excluding carboxylic acids is 2. The van der Waals surface area contributed by atoms with E-state index < -0.39 is 5.91 Å². The molecule has 3 rings (SSSR count). The molecule has 0 bridgehead atoms. The monoisotopic (exact) mass is 504 g/mol. The van der Waals surface area contributed by atoms with Crippen LogP contribution in [-0.4, -0.2) is 48.5 Å². The summed E-state index contributed by atoms with van der Waals surface area (Å²) in [5, 5.41) is 3.63. The van der Waals surface area contributed by atoms with Crippen molar-refractivity contribution in [2.24, 2.45) is 4.99 Å². The van der Waals surface area contributed by atoms with Gasteiger partial charge in [0.15, 0.2) is 4.80 Å². The van der Waals surface area contributed by atoms with Gasteiger partial charge in [-0.3, -0.25) is 9.59 Å². The first-order valence-electron chi connectivity index (χ1n) is 10.4. The molecule has 0 spiro atoms. The van der Waals surface area contributed by atoms with Gasteiger partial charge in [0, 0.05) is 34.8 Å². The predicted octanol–water partition coefficient (Wildman–Crippen LogP) is 4.55. The number of hydrogen-bond donors (Lipinski definition) is 1. The van der Waals surface area contributed by atoms with Crippen molar-refractivity contribution in [1.29, 1.82) is 0 Å². The van der Waals surface area contributed by atoms with E-state index in [1.165, 1.54) is 17.4 Å². The van der Waals surface area contributed by atoms with Gasteiger partial charge in [0.25, 0.3) is 11.8 Å². The normalized spacial score (nSPS) is 11.8. The second-order valence-corrected chi connectivity index (χ2v) is 9.91. The van der Waals surface area contributed by atoms with E-state index in [9.17, 15) is 9.59 Å². The van der Waals surface area contributed by atoms with E-state index in [0.717, 1.165) is 22.7 Å². The lowest BCUT2D eigenvalue weighted by molar-refractivity contribution is 0.0949. The van der Waals surface area contributed by atoms with E-state index >= 15 is 0 Å². The smallest absolute Gasteiger partial charge is 0.279 e. The summed E-state index contributed by atoms with van der Waals surface area (Å²) < 4.78 is 1.98. The maximum Gasteiger partial charge on any atom is 0.279 e. The van der Waals surface area contributed by atoms with Gasteiger partial charge in [-0.25, -0.2) is 0 Å². The van der Waals surface area contributed by atoms with Crippen LogP contribution in [0.1, 0.15) is 36.9 Å². The van der Waals surface area contributed by atoms with E-state index in [1.807, 2.05) is 55.6 Å². The van der Waals surface area contributed by atoms with Gasteiger partial charge in [-0.15, -0.1) is 11.3 Å². The van der Waals surface area contributed by atoms with E-state index in [0.29, 0.717) is 39.1 Å². The van der Waals surface area contributed by atoms with Crippen LogP contribution in [0.3, 0.4) is 0 Å². The largest absolute Gasteiger partial charge is 0.351 e. The summed E-state index contributed by atoms with van der Waals surface area (Å²) in [6.07, 6.45) is 0. The minimum Gasteiger partial charge on any atom is -0.351 e. The Morgan fingerprint density at radius 3 is 2.52 bits per heavy atom. The number of carbonyl (C=O) groups is 2. The lowest BCUT2D eigenvalue weighted by Crippen LogP contribution is -2.31. The summed E-state index contributed by atoms with van der Waals surface area (Å²) in [6, 6.07) is 12.2. The molecule has 1 heterocycles. The van der Waals surface area contributed by atoms with Crippen LogP contribution in [0.15, 0.2) is 47.5 Å². The van der Waals surface area contributed by atoms with Crippen LogP contribution in [0.5, 0.6) is 0 Å². The van der Waals surface area contributed by atoms with Crippen LogP contribution in [0, 0.1) is 13.8 Å². The molecule has 33 heavy (non-hydrogen) atoms. The molecule has 0 saturated heterocycles. The SMILES string of the molecule is Cc1sc(=NC(=O)c2ccc(Cl)c(Cl)c2)n(Cc2cccc(C(=O)NCCN(C)C)c2)c1C. The minimum absolute atomic E-state index is 0.110. The third kappa shape index (κ3) is 6.54. The van der Waals surface area contributed by atoms with Gasteiger partial charge in [-0.2, -0.15) is 4.99 Å². The number of nitrogens with one attached hydrogen (secondary N) is 1. The third-order valence-corrected chi connectivity index (χ3v) is 6.96. The van der Waals surface area contributed by atoms with E-state index in [-0.39, 0.29) is 5.91 Å². The molecule has 0 atom stereocenters. The molecule has 0 aliphatic carbocycles. The lowest BCUT2D eigenvalue weighted by atomic mass is 10.1. The highest BCUT2D eigenvalue weighted by Crippen LogP contribution is 2.23. The second-order valence-electron chi connectivity index (χ2n) is 7.92. The van der Waals surface area contributed by atoms with Crippen molar-refractivity contribution >= 4 is 46.4 Å². The van der Waals surface area contributed by atoms with Crippen molar-refractivity contribution in [1.82, 2.24) is 14.8 Å². The Hall–Kier alpha value is -2.45. The zero-order valence-corrected chi connectivity index (χ0v) is 21.3. The zero-order valence-electron chi connectivity index (χ0n) is 19.0. The summed E-state index contributed by atoms with van der Waals surface area (Å²) in [4.78, 5) is 33.3. The van der Waals surface area contributed by atoms with E-state index in [4.69, 9.17) is 23.2 Å². The van der Waals surface area contributed by atoms with Crippen LogP contribution in [0.25, 0.3) is 0 Å². The van der Waals surface area contributed by atoms with Crippen molar-refractivity contribution in [3.63, 3.8) is 0 Å². The van der Waals surface area contributed by atoms with Gasteiger partial charge in [0.05, 0.1) is 16.6 Å². The molecule has 0 saturated carbocycles. The molecule has 2 aromatic carbocycles. The number of amides is 2. The van der Waals surface area contributed by atoms with Crippen molar-refractivity contribution in [3.8, 4) is 0 Å². The van der Waals surface area contributed by atoms with Crippen molar-refractivity contribution in [2.75, 3.05) is 27.2 Å². The fourth-order valence-corrected chi connectivity index (χ4v) is 4.41. The number of rotatable bonds is 7. The van der Waals surface area contributed by atoms with E-state index in [1.54, 1.807) is 18.2 Å². The van der Waals surface area contributed by atoms with Gasteiger partial charge in [-0.1, -0.05) is 35.3 Å². The minimum atomic E-state index is -0.391. The molecule has 0 unspecified atom stereocenters. The molecular formula is C24H26Cl2N4O2S. The third-order valence-electron chi connectivity index (χ3n) is 5.13. The Morgan fingerprint density at radius 1 is 1.06 bits per heavy atom. The van der Waals surface area contributed by atoms with Gasteiger partial charge in [0.2, 0.25) is 0 Å². The molecule has 0 fully saturated rings. The predicted molar refractivity (Wildman–Crippen MR) is 135 cm³/mol. The number of thiazole rings is 1. The molecular weight excluding hydrogens is 479 g/mol. The van der Waals surface area contributed by atoms with Gasteiger partial charge in [-0.05, 0) is 63.8 Å². The van der Waals surface area contributed by atoms with Crippen LogP contribution >= 0.6 is 34.5 Å². The standard InChI is InChI=1S/C24H26Cl2N4O2S/c1-15-16(2)33-24(28-23(32)19-8-9-20(25)21(26)13-19)30(15)14-17-6-5-7-18(12-17)22(31)27-10-11-29(3)4/h5-9,12-13H,10-11,14H2,1-4H3,(H,27,31). The topological polar surface area (TPSA) is 66.7 Å². The number of aromatic nitrogens is 1. The summed E-state index contributed by atoms with van der Waals surface area (Å²) in [6.45, 7) is 5.82. The molecule has 0 aliphatic heterocycles. The number of hydrogen-bond acceptors (Lipinski definition) is 4. The molecule has 174 valence electrons. The first-order valence-corrected chi connectivity index (χ1v) is 12.0. The molecule has 1 aromatic heterocycles. The summed E-state index contributed by atoms with van der Waals surface area (Å²) in [5.74, 6) is -0.501. The van der Waals surface area contributed by atoms with Crippen molar-refractivity contribution < 1.29 is 9.59 Å². The van der Waals surface area contributed by atoms with Crippen molar-refractivity contribution in [2.45, 2.75) is 20.4 Å². The Balaban J connectivity index is 1.86. The maximum atomic E-state index is 12.8. The fraction of sp³-hybridized carbons (Fsp3) is 0.292. The lowest BCUT2D eigenvalue weighted by Gasteiger charge is -2.11. The Kier molecular flexibility index (Phi) is 8.48. The van der Waals surface area contributed by atoms with Gasteiger partial charge >= 0.3 is 0 Å². The van der Waals surface area contributed by atoms with E-state index in [2.05, 4.69) is 10.3 Å². The Labute approximate surface area is 207 Å². The maximum absolute atomic E-state index is 12.8. The Bertz CT molecular complexity index is 1250. The molecule has 9 heteroatoms. The quantitative estimate of drug-likeness (QED) is 0.512. The number of benzene rings is 2. The first-order chi connectivity index (χ1) is 15.7. The number of likely N-dealkylation sites (N-methyl/N-ethyl adjacent to an activating group) is 1. The highest BCUT2D eigenvalue weighted by Gasteiger charge is 2.12. The highest BCUT2D eigenvalue weighted by atomic mass is 35.5. The van der Waals surface area contributed by atoms with Crippen LogP contribution < -0.4 is 10.1 Å².